The normalized spacial score (nSPS) is 11.8. The first-order chi connectivity index (χ1) is 9.80. The maximum absolute atomic E-state index is 12.7. The number of halogens is 3. The lowest BCUT2D eigenvalue weighted by Gasteiger charge is -2.10. The lowest BCUT2D eigenvalue weighted by atomic mass is 10.4. The van der Waals surface area contributed by atoms with Gasteiger partial charge in [0, 0.05) is 6.07 Å². The molecule has 6 nitrogen and oxygen atoms in total. The highest BCUT2D eigenvalue weighted by atomic mass is 32.2. The first kappa shape index (κ1) is 15.4. The van der Waals surface area contributed by atoms with Gasteiger partial charge in [0.25, 0.3) is 0 Å². The first-order valence-corrected chi connectivity index (χ1v) is 6.61. The summed E-state index contributed by atoms with van der Waals surface area (Å²) in [6, 6.07) is 2.94. The highest BCUT2D eigenvalue weighted by Crippen LogP contribution is 2.28. The number of nitrogens with zero attached hydrogens (tertiary/aromatic N) is 3. The number of carboxylic acid groups (broad SMARTS) is 1. The molecule has 1 N–H and O–H groups in total. The van der Waals surface area contributed by atoms with Gasteiger partial charge in [-0.3, -0.25) is 9.36 Å². The van der Waals surface area contributed by atoms with Crippen LogP contribution in [0.2, 0.25) is 0 Å². The summed E-state index contributed by atoms with van der Waals surface area (Å²) < 4.78 is 43.7. The largest absolute Gasteiger partial charge is 0.481 e. The average molecular weight is 321 g/mol. The van der Waals surface area contributed by atoms with Crippen molar-refractivity contribution in [3.05, 3.63) is 12.1 Å². The van der Waals surface area contributed by atoms with Crippen LogP contribution >= 0.6 is 11.8 Å². The summed E-state index contributed by atoms with van der Waals surface area (Å²) >= 11 is 0.707. The van der Waals surface area contributed by atoms with Crippen molar-refractivity contribution in [2.45, 2.75) is 17.9 Å². The molecule has 21 heavy (non-hydrogen) atoms. The molecule has 0 amide bonds. The van der Waals surface area contributed by atoms with E-state index in [1.165, 1.54) is 19.2 Å². The predicted molar refractivity (Wildman–Crippen MR) is 68.5 cm³/mol. The van der Waals surface area contributed by atoms with Crippen LogP contribution in [0.25, 0.3) is 11.2 Å². The second-order valence-corrected chi connectivity index (χ2v) is 4.92. The Morgan fingerprint density at radius 1 is 1.43 bits per heavy atom. The molecule has 0 aliphatic rings. The number of aliphatic carboxylic acids is 1. The Hall–Kier alpha value is -1.97. The highest BCUT2D eigenvalue weighted by Gasteiger charge is 2.31. The molecule has 0 bridgehead atoms. The first-order valence-electron chi connectivity index (χ1n) is 5.63. The molecule has 0 atom stereocenters. The predicted octanol–water partition coefficient (Wildman–Crippen LogP) is 2.18. The molecule has 2 aromatic heterocycles. The molecule has 2 rings (SSSR count). The molecule has 0 aromatic carbocycles. The number of pyridine rings is 1. The molecular weight excluding hydrogens is 311 g/mol. The fourth-order valence-corrected chi connectivity index (χ4v) is 2.36. The quantitative estimate of drug-likeness (QED) is 0.851. The molecule has 0 radical (unpaired) electrons. The lowest BCUT2D eigenvalue weighted by molar-refractivity contribution is -0.141. The standard InChI is InChI=1S/C11H10F3N3O3S/c1-20-7-3-2-6-9(16-7)17(5-11(12,13)14)10(15-6)21-4-8(18)19/h2-3H,4-5H2,1H3,(H,18,19). The number of hydrogen-bond acceptors (Lipinski definition) is 5. The van der Waals surface area contributed by atoms with Gasteiger partial charge in [0.05, 0.1) is 12.9 Å². The van der Waals surface area contributed by atoms with Crippen LogP contribution in [-0.4, -0.2) is 44.6 Å². The van der Waals surface area contributed by atoms with Gasteiger partial charge < -0.3 is 9.84 Å². The molecule has 2 aromatic rings. The summed E-state index contributed by atoms with van der Waals surface area (Å²) in [5.41, 5.74) is 0.243. The molecule has 0 aliphatic carbocycles. The van der Waals surface area contributed by atoms with Crippen molar-refractivity contribution in [1.29, 1.82) is 0 Å². The number of hydrogen-bond donors (Lipinski definition) is 1. The van der Waals surface area contributed by atoms with Gasteiger partial charge in [0.1, 0.15) is 12.1 Å². The third kappa shape index (κ3) is 3.78. The molecule has 10 heteroatoms. The van der Waals surface area contributed by atoms with Gasteiger partial charge >= 0.3 is 12.1 Å². The molecule has 0 fully saturated rings. The minimum Gasteiger partial charge on any atom is -0.481 e. The van der Waals surface area contributed by atoms with Crippen molar-refractivity contribution >= 4 is 28.9 Å². The van der Waals surface area contributed by atoms with E-state index < -0.39 is 24.4 Å². The van der Waals surface area contributed by atoms with E-state index in [0.717, 1.165) is 4.57 Å². The zero-order valence-electron chi connectivity index (χ0n) is 10.7. The van der Waals surface area contributed by atoms with Crippen molar-refractivity contribution in [2.24, 2.45) is 0 Å². The van der Waals surface area contributed by atoms with E-state index in [9.17, 15) is 18.0 Å². The number of ether oxygens (including phenoxy) is 1. The second-order valence-electron chi connectivity index (χ2n) is 3.97. The Labute approximate surface area is 120 Å². The second kappa shape index (κ2) is 5.80. The SMILES string of the molecule is COc1ccc2nc(SCC(=O)O)n(CC(F)(F)F)c2n1. The minimum atomic E-state index is -4.48. The molecule has 0 unspecified atom stereocenters. The minimum absolute atomic E-state index is 0.000404. The maximum atomic E-state index is 12.7. The Kier molecular flexibility index (Phi) is 4.26. The number of thioether (sulfide) groups is 1. The summed E-state index contributed by atoms with van der Waals surface area (Å²) in [6.45, 7) is -1.30. The Morgan fingerprint density at radius 2 is 2.14 bits per heavy atom. The molecule has 2 heterocycles. The van der Waals surface area contributed by atoms with Gasteiger partial charge in [0.2, 0.25) is 5.88 Å². The van der Waals surface area contributed by atoms with E-state index >= 15 is 0 Å². The van der Waals surface area contributed by atoms with Crippen LogP contribution in [-0.2, 0) is 11.3 Å². The van der Waals surface area contributed by atoms with E-state index in [0.29, 0.717) is 11.8 Å². The number of imidazole rings is 1. The fraction of sp³-hybridized carbons (Fsp3) is 0.364. The van der Waals surface area contributed by atoms with E-state index in [4.69, 9.17) is 9.84 Å². The van der Waals surface area contributed by atoms with Crippen LogP contribution in [0.5, 0.6) is 5.88 Å². The molecular formula is C11H10F3N3O3S. The average Bonchev–Trinajstić information content (AvgIpc) is 2.72. The van der Waals surface area contributed by atoms with Crippen molar-refractivity contribution in [1.82, 2.24) is 14.5 Å². The number of carboxylic acids is 1. The number of aromatic nitrogens is 3. The Bertz CT molecular complexity index is 672. The van der Waals surface area contributed by atoms with Crippen molar-refractivity contribution in [2.75, 3.05) is 12.9 Å². The summed E-state index contributed by atoms with van der Waals surface area (Å²) in [7, 11) is 1.35. The molecule has 0 saturated carbocycles. The van der Waals surface area contributed by atoms with Crippen LogP contribution in [0, 0.1) is 0 Å². The monoisotopic (exact) mass is 321 g/mol. The summed E-state index contributed by atoms with van der Waals surface area (Å²) in [4.78, 5) is 18.5. The lowest BCUT2D eigenvalue weighted by Crippen LogP contribution is -2.19. The summed E-state index contributed by atoms with van der Waals surface area (Å²) in [6.07, 6.45) is -4.48. The highest BCUT2D eigenvalue weighted by molar-refractivity contribution is 7.99. The van der Waals surface area contributed by atoms with E-state index in [-0.39, 0.29) is 22.2 Å². The number of rotatable bonds is 5. The maximum Gasteiger partial charge on any atom is 0.406 e. The fourth-order valence-electron chi connectivity index (χ4n) is 1.64. The zero-order chi connectivity index (χ0) is 15.6. The van der Waals surface area contributed by atoms with Crippen LogP contribution in [0.4, 0.5) is 13.2 Å². The van der Waals surface area contributed by atoms with E-state index in [1.807, 2.05) is 0 Å². The number of fused-ring (bicyclic) bond motifs is 1. The Balaban J connectivity index is 2.49. The van der Waals surface area contributed by atoms with Crippen LogP contribution in [0.3, 0.4) is 0 Å². The Morgan fingerprint density at radius 3 is 2.71 bits per heavy atom. The van der Waals surface area contributed by atoms with Gasteiger partial charge in [-0.15, -0.1) is 0 Å². The van der Waals surface area contributed by atoms with Gasteiger partial charge in [-0.2, -0.15) is 18.2 Å². The van der Waals surface area contributed by atoms with Gasteiger partial charge in [0.15, 0.2) is 10.8 Å². The van der Waals surface area contributed by atoms with E-state index in [1.54, 1.807) is 0 Å². The smallest absolute Gasteiger partial charge is 0.406 e. The van der Waals surface area contributed by atoms with Gasteiger partial charge in [-0.05, 0) is 6.07 Å². The van der Waals surface area contributed by atoms with Crippen molar-refractivity contribution in [3.8, 4) is 5.88 Å². The summed E-state index contributed by atoms with van der Waals surface area (Å²) in [5, 5.41) is 8.59. The summed E-state index contributed by atoms with van der Waals surface area (Å²) in [5.74, 6) is -1.38. The third-order valence-electron chi connectivity index (χ3n) is 2.40. The van der Waals surface area contributed by atoms with Gasteiger partial charge in [-0.25, -0.2) is 4.98 Å². The number of carbonyl (C=O) groups is 1. The topological polar surface area (TPSA) is 77.2 Å². The third-order valence-corrected chi connectivity index (χ3v) is 3.36. The van der Waals surface area contributed by atoms with Crippen LogP contribution in [0.15, 0.2) is 17.3 Å². The zero-order valence-corrected chi connectivity index (χ0v) is 11.5. The van der Waals surface area contributed by atoms with E-state index in [2.05, 4.69) is 9.97 Å². The van der Waals surface area contributed by atoms with Crippen LogP contribution in [0.1, 0.15) is 0 Å². The molecule has 0 spiro atoms. The number of methoxy groups -OCH3 is 1. The van der Waals surface area contributed by atoms with Gasteiger partial charge in [-0.1, -0.05) is 11.8 Å². The molecule has 114 valence electrons. The molecule has 0 aliphatic heterocycles. The van der Waals surface area contributed by atoms with Crippen molar-refractivity contribution < 1.29 is 27.8 Å². The van der Waals surface area contributed by atoms with Crippen LogP contribution < -0.4 is 4.74 Å². The van der Waals surface area contributed by atoms with Crippen molar-refractivity contribution in [3.63, 3.8) is 0 Å². The number of alkyl halides is 3. The molecule has 0 saturated heterocycles.